The van der Waals surface area contributed by atoms with Crippen LogP contribution >= 0.6 is 0 Å². The molecule has 0 bridgehead atoms. The van der Waals surface area contributed by atoms with Crippen LogP contribution in [-0.2, 0) is 21.2 Å². The lowest BCUT2D eigenvalue weighted by Gasteiger charge is -2.20. The molecule has 43 heavy (non-hydrogen) atoms. The van der Waals surface area contributed by atoms with E-state index in [1.807, 2.05) is 13.8 Å². The molecule has 4 aromatic rings. The van der Waals surface area contributed by atoms with Crippen LogP contribution in [0.3, 0.4) is 0 Å². The fourth-order valence-corrected chi connectivity index (χ4v) is 4.83. The fraction of sp³-hybridized carbons (Fsp3) is 0.182. The third-order valence-corrected chi connectivity index (χ3v) is 7.75. The van der Waals surface area contributed by atoms with Crippen LogP contribution in [0.5, 0.6) is 5.75 Å². The Hall–Kier alpha value is -5.12. The van der Waals surface area contributed by atoms with E-state index in [2.05, 4.69) is 10.5 Å². The molecule has 220 valence electrons. The number of carbonyl (C=O) groups is 2. The largest absolute Gasteiger partial charge is 0.505 e. The predicted octanol–water partition coefficient (Wildman–Crippen LogP) is 7.55. The van der Waals surface area contributed by atoms with Gasteiger partial charge < -0.3 is 10.2 Å². The lowest BCUT2D eigenvalue weighted by atomic mass is 9.84. The second-order valence-electron chi connectivity index (χ2n) is 10.9. The summed E-state index contributed by atoms with van der Waals surface area (Å²) in [4.78, 5) is 26.5. The van der Waals surface area contributed by atoms with Gasteiger partial charge in [-0.25, -0.2) is 0 Å². The number of carboxylic acid groups (broad SMARTS) is 1. The number of aromatic hydroxyl groups is 1. The van der Waals surface area contributed by atoms with Gasteiger partial charge in [0.2, 0.25) is 0 Å². The Kier molecular flexibility index (Phi) is 7.25. The molecule has 0 radical (unpaired) electrons. The number of phenolic OH excluding ortho intramolecular Hbond substituents is 1. The monoisotopic (exact) mass is 587 g/mol. The molecule has 1 amide bonds. The van der Waals surface area contributed by atoms with Crippen molar-refractivity contribution in [1.29, 1.82) is 0 Å². The number of hydrogen-bond acceptors (Lipinski definition) is 5. The SMILES string of the molecule is Cc1ccc(N2C(=O)/C(=N\Nc3cccc(-c4ccc(C(C)(C)C(=O)O)cc4)c3O)c3ccc(C(F)(F)F)cc32)cc1C. The lowest BCUT2D eigenvalue weighted by molar-refractivity contribution is -0.142. The standard InChI is InChI=1S/C33H28F3N3O4/c1-18-8-14-23(16-19(18)2)39-27-17-22(33(34,35)36)13-15-25(27)28(30(39)41)38-37-26-7-5-6-24(29(26)40)20-9-11-21(12-10-20)32(3,4)31(42)43/h5-17,37,40H,1-4H3,(H,42,43)/b38-28-. The molecule has 1 aliphatic rings. The van der Waals surface area contributed by atoms with Gasteiger partial charge in [-0.15, -0.1) is 0 Å². The Morgan fingerprint density at radius 3 is 2.16 bits per heavy atom. The van der Waals surface area contributed by atoms with Gasteiger partial charge in [-0.3, -0.25) is 19.9 Å². The molecule has 0 fully saturated rings. The molecule has 0 unspecified atom stereocenters. The molecule has 0 saturated carbocycles. The van der Waals surface area contributed by atoms with Crippen molar-refractivity contribution in [2.45, 2.75) is 39.3 Å². The summed E-state index contributed by atoms with van der Waals surface area (Å²) in [6.45, 7) is 6.93. The highest BCUT2D eigenvalue weighted by Gasteiger charge is 2.39. The average Bonchev–Trinajstić information content (AvgIpc) is 3.23. The minimum Gasteiger partial charge on any atom is -0.505 e. The van der Waals surface area contributed by atoms with Gasteiger partial charge in [-0.2, -0.15) is 18.3 Å². The van der Waals surface area contributed by atoms with Gasteiger partial charge in [-0.1, -0.05) is 42.5 Å². The van der Waals surface area contributed by atoms with E-state index in [9.17, 15) is 33.0 Å². The summed E-state index contributed by atoms with van der Waals surface area (Å²) < 4.78 is 40.8. The maximum absolute atomic E-state index is 13.6. The molecule has 0 aromatic heterocycles. The van der Waals surface area contributed by atoms with E-state index < -0.39 is 29.0 Å². The van der Waals surface area contributed by atoms with Crippen molar-refractivity contribution >= 4 is 34.7 Å². The van der Waals surface area contributed by atoms with Gasteiger partial charge in [0.25, 0.3) is 5.91 Å². The molecule has 1 heterocycles. The number of halogens is 3. The van der Waals surface area contributed by atoms with Crippen LogP contribution in [0.4, 0.5) is 30.2 Å². The molecule has 0 spiro atoms. The number of benzene rings is 4. The van der Waals surface area contributed by atoms with Gasteiger partial charge in [0.1, 0.15) is 5.75 Å². The van der Waals surface area contributed by atoms with Crippen LogP contribution in [0, 0.1) is 13.8 Å². The van der Waals surface area contributed by atoms with Crippen molar-refractivity contribution < 1.29 is 33.0 Å². The van der Waals surface area contributed by atoms with Crippen LogP contribution in [-0.4, -0.2) is 27.8 Å². The zero-order valence-corrected chi connectivity index (χ0v) is 23.7. The first-order valence-corrected chi connectivity index (χ1v) is 13.3. The van der Waals surface area contributed by atoms with E-state index >= 15 is 0 Å². The first-order chi connectivity index (χ1) is 20.2. The number of hydrogen-bond donors (Lipinski definition) is 3. The van der Waals surface area contributed by atoms with Crippen molar-refractivity contribution in [2.24, 2.45) is 5.10 Å². The Labute approximate surface area is 245 Å². The Morgan fingerprint density at radius 1 is 0.860 bits per heavy atom. The van der Waals surface area contributed by atoms with E-state index in [1.54, 1.807) is 74.5 Å². The molecule has 1 aliphatic heterocycles. The smallest absolute Gasteiger partial charge is 0.416 e. The summed E-state index contributed by atoms with van der Waals surface area (Å²) in [6, 6.07) is 19.8. The first kappa shape index (κ1) is 29.4. The Morgan fingerprint density at radius 2 is 1.53 bits per heavy atom. The summed E-state index contributed by atoms with van der Waals surface area (Å²) in [6.07, 6.45) is -4.61. The highest BCUT2D eigenvalue weighted by Crippen LogP contribution is 2.41. The highest BCUT2D eigenvalue weighted by molar-refractivity contribution is 6.55. The number of carboxylic acids is 1. The molecule has 10 heteroatoms. The summed E-state index contributed by atoms with van der Waals surface area (Å²) in [5.74, 6) is -1.78. The average molecular weight is 588 g/mol. The summed E-state index contributed by atoms with van der Waals surface area (Å²) in [5, 5.41) is 24.8. The van der Waals surface area contributed by atoms with Gasteiger partial charge in [0.05, 0.1) is 22.4 Å². The number of phenols is 1. The maximum Gasteiger partial charge on any atom is 0.416 e. The number of aliphatic carboxylic acids is 1. The minimum atomic E-state index is -4.61. The molecule has 3 N–H and O–H groups in total. The highest BCUT2D eigenvalue weighted by atomic mass is 19.4. The number of para-hydroxylation sites is 1. The Balaban J connectivity index is 1.52. The maximum atomic E-state index is 13.6. The van der Waals surface area contributed by atoms with E-state index in [0.29, 0.717) is 22.4 Å². The van der Waals surface area contributed by atoms with Crippen molar-refractivity contribution in [3.05, 3.63) is 107 Å². The molecular formula is C33H28F3N3O4. The number of nitrogens with one attached hydrogen (secondary N) is 1. The van der Waals surface area contributed by atoms with Crippen molar-refractivity contribution in [2.75, 3.05) is 10.3 Å². The minimum absolute atomic E-state index is 0.0472. The lowest BCUT2D eigenvalue weighted by Crippen LogP contribution is -2.28. The number of carbonyl (C=O) groups excluding carboxylic acids is 1. The molecule has 4 aromatic carbocycles. The number of amides is 1. The van der Waals surface area contributed by atoms with E-state index in [4.69, 9.17) is 0 Å². The van der Waals surface area contributed by atoms with Crippen LogP contribution in [0.2, 0.25) is 0 Å². The van der Waals surface area contributed by atoms with Crippen molar-refractivity contribution in [1.82, 2.24) is 0 Å². The third kappa shape index (κ3) is 5.31. The number of nitrogens with zero attached hydrogens (tertiary/aromatic N) is 2. The molecular weight excluding hydrogens is 559 g/mol. The normalized spacial score (nSPS) is 14.3. The molecule has 5 rings (SSSR count). The van der Waals surface area contributed by atoms with Crippen LogP contribution in [0.1, 0.15) is 41.7 Å². The molecule has 0 atom stereocenters. The number of hydrazone groups is 1. The van der Waals surface area contributed by atoms with Gasteiger partial charge in [0, 0.05) is 16.8 Å². The van der Waals surface area contributed by atoms with Crippen molar-refractivity contribution in [3.63, 3.8) is 0 Å². The van der Waals surface area contributed by atoms with Crippen molar-refractivity contribution in [3.8, 4) is 16.9 Å². The first-order valence-electron chi connectivity index (χ1n) is 13.3. The number of rotatable bonds is 6. The number of anilines is 3. The molecule has 0 saturated heterocycles. The zero-order valence-electron chi connectivity index (χ0n) is 23.7. The van der Waals surface area contributed by atoms with Gasteiger partial charge >= 0.3 is 12.1 Å². The predicted molar refractivity (Wildman–Crippen MR) is 159 cm³/mol. The van der Waals surface area contributed by atoms with Crippen LogP contribution in [0.25, 0.3) is 11.1 Å². The quantitative estimate of drug-likeness (QED) is 0.160. The van der Waals surface area contributed by atoms with E-state index in [0.717, 1.165) is 23.3 Å². The molecule has 7 nitrogen and oxygen atoms in total. The fourth-order valence-electron chi connectivity index (χ4n) is 4.83. The van der Waals surface area contributed by atoms with Crippen LogP contribution < -0.4 is 10.3 Å². The van der Waals surface area contributed by atoms with Crippen LogP contribution in [0.15, 0.2) is 84.0 Å². The summed E-state index contributed by atoms with van der Waals surface area (Å²) in [7, 11) is 0. The van der Waals surface area contributed by atoms with E-state index in [-0.39, 0.29) is 28.4 Å². The zero-order chi connectivity index (χ0) is 31.3. The third-order valence-electron chi connectivity index (χ3n) is 7.75. The summed E-state index contributed by atoms with van der Waals surface area (Å²) in [5.41, 5.74) is 4.86. The second kappa shape index (κ2) is 10.6. The van der Waals surface area contributed by atoms with E-state index in [1.165, 1.54) is 11.0 Å². The number of alkyl halides is 3. The number of fused-ring (bicyclic) bond motifs is 1. The Bertz CT molecular complexity index is 1790. The topological polar surface area (TPSA) is 102 Å². The van der Waals surface area contributed by atoms with Gasteiger partial charge in [0.15, 0.2) is 5.71 Å². The second-order valence-corrected chi connectivity index (χ2v) is 10.9. The molecule has 0 aliphatic carbocycles. The summed E-state index contributed by atoms with van der Waals surface area (Å²) >= 11 is 0. The number of aryl methyl sites for hydroxylation is 2. The van der Waals surface area contributed by atoms with Gasteiger partial charge in [-0.05, 0) is 86.3 Å².